The fourth-order valence-electron chi connectivity index (χ4n) is 0.550. The van der Waals surface area contributed by atoms with Gasteiger partial charge in [-0.1, -0.05) is 26.5 Å². The maximum Gasteiger partial charge on any atom is 0.332 e. The number of hydrogen-bond donors (Lipinski definition) is 1. The van der Waals surface area contributed by atoms with Crippen LogP contribution >= 0.6 is 0 Å². The molecule has 0 aromatic heterocycles. The summed E-state index contributed by atoms with van der Waals surface area (Å²) in [6.07, 6.45) is 3.15. The number of carboxylic acid groups (broad SMARTS) is 1. The maximum absolute atomic E-state index is 10.3. The van der Waals surface area contributed by atoms with Crippen molar-refractivity contribution >= 4 is 17.9 Å². The minimum atomic E-state index is -0.833. The third-order valence-electron chi connectivity index (χ3n) is 1.44. The van der Waals surface area contributed by atoms with Crippen molar-refractivity contribution in [3.05, 3.63) is 24.8 Å². The molecule has 1 N–H and O–H groups in total. The highest BCUT2D eigenvalue weighted by atomic mass is 16.5. The van der Waals surface area contributed by atoms with Gasteiger partial charge in [0.05, 0.1) is 13.7 Å². The lowest BCUT2D eigenvalue weighted by Gasteiger charge is -1.97. The standard InChI is InChI=1S/C7H12O2.C5H8O2.C2H4O2/c1-3-5-6-9-7(8)4-2;1-4(2)5(6)7-3;1-2(3)4/h4H,2-3,5-6H2,1H3;1H2,2-3H3;1H3,(H,3,4). The van der Waals surface area contributed by atoms with Crippen LogP contribution in [-0.4, -0.2) is 36.7 Å². The summed E-state index contributed by atoms with van der Waals surface area (Å²) in [5, 5.41) is 7.42. The van der Waals surface area contributed by atoms with Crippen LogP contribution in [0, 0.1) is 0 Å². The number of unbranched alkanes of at least 4 members (excludes halogenated alkanes) is 1. The van der Waals surface area contributed by atoms with Crippen LogP contribution in [0.15, 0.2) is 24.8 Å². The van der Waals surface area contributed by atoms with Gasteiger partial charge in [-0.05, 0) is 13.3 Å². The van der Waals surface area contributed by atoms with E-state index in [-0.39, 0.29) is 11.9 Å². The fraction of sp³-hybridized carbons (Fsp3) is 0.500. The second kappa shape index (κ2) is 16.9. The van der Waals surface area contributed by atoms with Gasteiger partial charge in [0, 0.05) is 18.6 Å². The van der Waals surface area contributed by atoms with Crippen LogP contribution in [0.1, 0.15) is 33.6 Å². The molecule has 0 aliphatic rings. The molecule has 0 atom stereocenters. The van der Waals surface area contributed by atoms with Gasteiger partial charge in [-0.2, -0.15) is 0 Å². The van der Waals surface area contributed by atoms with Crippen molar-refractivity contribution in [1.29, 1.82) is 0 Å². The molecule has 6 nitrogen and oxygen atoms in total. The number of methoxy groups -OCH3 is 1. The van der Waals surface area contributed by atoms with E-state index in [1.807, 2.05) is 6.92 Å². The van der Waals surface area contributed by atoms with Crippen LogP contribution < -0.4 is 0 Å². The summed E-state index contributed by atoms with van der Waals surface area (Å²) in [5.74, 6) is -1.51. The molecule has 6 heteroatoms. The topological polar surface area (TPSA) is 89.9 Å². The Kier molecular flexibility index (Phi) is 19.4. The molecule has 0 unspecified atom stereocenters. The molecule has 0 rings (SSSR count). The summed E-state index contributed by atoms with van der Waals surface area (Å²) < 4.78 is 8.95. The molecule has 0 fully saturated rings. The molecule has 0 radical (unpaired) electrons. The van der Waals surface area contributed by atoms with Crippen molar-refractivity contribution in [3.8, 4) is 0 Å². The summed E-state index contributed by atoms with van der Waals surface area (Å²) in [6, 6.07) is 0. The van der Waals surface area contributed by atoms with Crippen LogP contribution in [0.3, 0.4) is 0 Å². The minimum absolute atomic E-state index is 0.330. The molecule has 0 amide bonds. The molecule has 0 saturated heterocycles. The maximum atomic E-state index is 10.3. The first-order valence-electron chi connectivity index (χ1n) is 5.95. The van der Waals surface area contributed by atoms with Gasteiger partial charge in [0.2, 0.25) is 0 Å². The molecule has 0 aromatic rings. The van der Waals surface area contributed by atoms with Gasteiger partial charge in [0.1, 0.15) is 0 Å². The molecule has 0 saturated carbocycles. The number of rotatable bonds is 5. The molecule has 0 bridgehead atoms. The van der Waals surface area contributed by atoms with Crippen molar-refractivity contribution in [1.82, 2.24) is 0 Å². The Bertz CT molecular complexity index is 316. The quantitative estimate of drug-likeness (QED) is 0.474. The van der Waals surface area contributed by atoms with Crippen molar-refractivity contribution < 1.29 is 29.0 Å². The zero-order chi connectivity index (χ0) is 16.6. The summed E-state index contributed by atoms with van der Waals surface area (Å²) in [5.41, 5.74) is 0.433. The second-order valence-corrected chi connectivity index (χ2v) is 3.52. The van der Waals surface area contributed by atoms with E-state index < -0.39 is 5.97 Å². The van der Waals surface area contributed by atoms with Gasteiger partial charge in [-0.15, -0.1) is 0 Å². The van der Waals surface area contributed by atoms with Crippen molar-refractivity contribution in [2.45, 2.75) is 33.6 Å². The Hall–Kier alpha value is -2.11. The third kappa shape index (κ3) is 29.7. The number of carboxylic acids is 1. The molecule has 116 valence electrons. The molecule has 0 aliphatic carbocycles. The third-order valence-corrected chi connectivity index (χ3v) is 1.44. The lowest BCUT2D eigenvalue weighted by Crippen LogP contribution is -2.00. The summed E-state index contributed by atoms with van der Waals surface area (Å²) in [6.45, 7) is 11.9. The highest BCUT2D eigenvalue weighted by molar-refractivity contribution is 5.86. The van der Waals surface area contributed by atoms with Crippen molar-refractivity contribution in [2.24, 2.45) is 0 Å². The normalized spacial score (nSPS) is 7.80. The molecule has 20 heavy (non-hydrogen) atoms. The second-order valence-electron chi connectivity index (χ2n) is 3.52. The first kappa shape index (κ1) is 23.0. The molecular weight excluding hydrogens is 264 g/mol. The highest BCUT2D eigenvalue weighted by Crippen LogP contribution is 1.88. The van der Waals surface area contributed by atoms with Crippen LogP contribution in [0.25, 0.3) is 0 Å². The molecule has 0 heterocycles. The van der Waals surface area contributed by atoms with E-state index in [1.54, 1.807) is 6.92 Å². The Morgan fingerprint density at radius 3 is 1.90 bits per heavy atom. The number of esters is 2. The summed E-state index contributed by atoms with van der Waals surface area (Å²) >= 11 is 0. The van der Waals surface area contributed by atoms with Crippen LogP contribution in [-0.2, 0) is 23.9 Å². The van der Waals surface area contributed by atoms with Crippen molar-refractivity contribution in [2.75, 3.05) is 13.7 Å². The first-order valence-corrected chi connectivity index (χ1v) is 5.95. The summed E-state index contributed by atoms with van der Waals surface area (Å²) in [7, 11) is 1.33. The molecule has 0 aromatic carbocycles. The van der Waals surface area contributed by atoms with E-state index in [1.165, 1.54) is 13.2 Å². The average molecular weight is 288 g/mol. The number of carbonyl (C=O) groups excluding carboxylic acids is 2. The van der Waals surface area contributed by atoms with E-state index in [4.69, 9.17) is 9.90 Å². The Labute approximate surface area is 120 Å². The predicted octanol–water partition coefficient (Wildman–Crippen LogP) is 2.34. The van der Waals surface area contributed by atoms with E-state index in [0.717, 1.165) is 19.8 Å². The van der Waals surface area contributed by atoms with Gasteiger partial charge in [-0.3, -0.25) is 4.79 Å². The van der Waals surface area contributed by atoms with Crippen LogP contribution in [0.5, 0.6) is 0 Å². The van der Waals surface area contributed by atoms with E-state index in [0.29, 0.717) is 12.2 Å². The monoisotopic (exact) mass is 288 g/mol. The lowest BCUT2D eigenvalue weighted by atomic mass is 10.4. The molecular formula is C14H24O6. The zero-order valence-electron chi connectivity index (χ0n) is 12.6. The van der Waals surface area contributed by atoms with E-state index in [9.17, 15) is 9.59 Å². The lowest BCUT2D eigenvalue weighted by molar-refractivity contribution is -0.138. The van der Waals surface area contributed by atoms with Gasteiger partial charge < -0.3 is 14.6 Å². The van der Waals surface area contributed by atoms with E-state index >= 15 is 0 Å². The Balaban J connectivity index is -0.000000234. The average Bonchev–Trinajstić information content (AvgIpc) is 2.37. The van der Waals surface area contributed by atoms with Gasteiger partial charge in [0.25, 0.3) is 5.97 Å². The van der Waals surface area contributed by atoms with Gasteiger partial charge >= 0.3 is 11.9 Å². The largest absolute Gasteiger partial charge is 0.481 e. The zero-order valence-corrected chi connectivity index (χ0v) is 12.6. The van der Waals surface area contributed by atoms with E-state index in [2.05, 4.69) is 22.6 Å². The van der Waals surface area contributed by atoms with Crippen molar-refractivity contribution in [3.63, 3.8) is 0 Å². The number of aliphatic carboxylic acids is 1. The SMILES string of the molecule is C=C(C)C(=O)OC.C=CC(=O)OCCCC.CC(=O)O. The number of ether oxygens (including phenoxy) is 2. The first-order chi connectivity index (χ1) is 9.22. The minimum Gasteiger partial charge on any atom is -0.481 e. The Morgan fingerprint density at radius 2 is 1.70 bits per heavy atom. The van der Waals surface area contributed by atoms with Gasteiger partial charge in [0.15, 0.2) is 0 Å². The highest BCUT2D eigenvalue weighted by Gasteiger charge is 1.95. The predicted molar refractivity (Wildman–Crippen MR) is 76.2 cm³/mol. The number of hydrogen-bond acceptors (Lipinski definition) is 5. The number of carbonyl (C=O) groups is 3. The Morgan fingerprint density at radius 1 is 1.25 bits per heavy atom. The molecule has 0 spiro atoms. The van der Waals surface area contributed by atoms with Crippen LogP contribution in [0.2, 0.25) is 0 Å². The molecule has 0 aliphatic heterocycles. The smallest absolute Gasteiger partial charge is 0.332 e. The van der Waals surface area contributed by atoms with Crippen LogP contribution in [0.4, 0.5) is 0 Å². The fourth-order valence-corrected chi connectivity index (χ4v) is 0.550. The van der Waals surface area contributed by atoms with Gasteiger partial charge in [-0.25, -0.2) is 9.59 Å². The summed E-state index contributed by atoms with van der Waals surface area (Å²) in [4.78, 5) is 29.5.